The van der Waals surface area contributed by atoms with E-state index in [0.717, 1.165) is 12.3 Å². The molecule has 2 saturated carbocycles. The van der Waals surface area contributed by atoms with Crippen LogP contribution in [0.15, 0.2) is 41.5 Å². The number of fused-ring (bicyclic) bond motifs is 5. The van der Waals surface area contributed by atoms with Crippen molar-refractivity contribution in [2.45, 2.75) is 64.7 Å². The second kappa shape index (κ2) is 5.54. The zero-order valence-electron chi connectivity index (χ0n) is 14.4. The van der Waals surface area contributed by atoms with Gasteiger partial charge in [0.05, 0.1) is 0 Å². The molecule has 1 nitrogen and oxygen atoms in total. The molecule has 122 valence electrons. The highest BCUT2D eigenvalue weighted by Crippen LogP contribution is 2.61. The number of aromatic hydroxyl groups is 1. The van der Waals surface area contributed by atoms with E-state index in [0.29, 0.717) is 17.1 Å². The van der Waals surface area contributed by atoms with Gasteiger partial charge in [0.25, 0.3) is 0 Å². The highest BCUT2D eigenvalue weighted by molar-refractivity contribution is 5.48. The summed E-state index contributed by atoms with van der Waals surface area (Å²) < 4.78 is 0. The van der Waals surface area contributed by atoms with Crippen molar-refractivity contribution in [3.05, 3.63) is 52.6 Å². The molecular formula is C22H28O. The molecule has 1 heteroatoms. The van der Waals surface area contributed by atoms with Gasteiger partial charge >= 0.3 is 0 Å². The van der Waals surface area contributed by atoms with Crippen LogP contribution in [0.3, 0.4) is 0 Å². The third kappa shape index (κ3) is 2.28. The fraction of sp³-hybridized carbons (Fsp3) is 0.545. The van der Waals surface area contributed by atoms with Gasteiger partial charge in [0.2, 0.25) is 0 Å². The first-order valence-corrected chi connectivity index (χ1v) is 9.34. The van der Waals surface area contributed by atoms with Gasteiger partial charge in [-0.25, -0.2) is 0 Å². The molecule has 0 spiro atoms. The number of benzene rings is 1. The summed E-state index contributed by atoms with van der Waals surface area (Å²) in [6.07, 6.45) is 13.8. The lowest BCUT2D eigenvalue weighted by Gasteiger charge is -2.45. The first kappa shape index (κ1) is 15.1. The van der Waals surface area contributed by atoms with Crippen molar-refractivity contribution in [1.82, 2.24) is 0 Å². The Morgan fingerprint density at radius 1 is 1.30 bits per heavy atom. The Hall–Kier alpha value is -1.50. The molecule has 2 fully saturated rings. The zero-order chi connectivity index (χ0) is 16.0. The van der Waals surface area contributed by atoms with E-state index in [1.807, 2.05) is 12.1 Å². The van der Waals surface area contributed by atoms with E-state index < -0.39 is 0 Å². The van der Waals surface area contributed by atoms with Gasteiger partial charge in [-0.2, -0.15) is 0 Å². The highest BCUT2D eigenvalue weighted by atomic mass is 16.3. The maximum atomic E-state index is 9.76. The van der Waals surface area contributed by atoms with Crippen LogP contribution in [0.5, 0.6) is 5.75 Å². The van der Waals surface area contributed by atoms with Crippen LogP contribution in [0.2, 0.25) is 0 Å². The zero-order valence-corrected chi connectivity index (χ0v) is 14.4. The summed E-state index contributed by atoms with van der Waals surface area (Å²) in [5.41, 5.74) is 6.67. The molecule has 0 amide bonds. The number of phenols is 1. The minimum atomic E-state index is 0.409. The fourth-order valence-corrected chi connectivity index (χ4v) is 5.46. The van der Waals surface area contributed by atoms with E-state index in [9.17, 15) is 5.11 Å². The van der Waals surface area contributed by atoms with Gasteiger partial charge in [-0.05, 0) is 73.1 Å². The van der Waals surface area contributed by atoms with Gasteiger partial charge in [0, 0.05) is 5.92 Å². The fourth-order valence-electron chi connectivity index (χ4n) is 5.46. The molecule has 3 aliphatic rings. The van der Waals surface area contributed by atoms with Gasteiger partial charge in [-0.1, -0.05) is 49.6 Å². The normalized spacial score (nSPS) is 33.8. The number of hydrogen-bond donors (Lipinski definition) is 1. The molecule has 0 saturated heterocycles. The van der Waals surface area contributed by atoms with Crippen molar-refractivity contribution >= 4 is 0 Å². The van der Waals surface area contributed by atoms with Crippen molar-refractivity contribution in [3.63, 3.8) is 0 Å². The average Bonchev–Trinajstić information content (AvgIpc) is 2.89. The van der Waals surface area contributed by atoms with Crippen LogP contribution in [-0.2, 0) is 6.42 Å². The summed E-state index contributed by atoms with van der Waals surface area (Å²) in [5, 5.41) is 9.76. The molecule has 3 atom stereocenters. The minimum absolute atomic E-state index is 0.409. The maximum Gasteiger partial charge on any atom is 0.115 e. The molecule has 0 radical (unpaired) electrons. The predicted molar refractivity (Wildman–Crippen MR) is 95.7 cm³/mol. The lowest BCUT2D eigenvalue weighted by Crippen LogP contribution is -2.34. The van der Waals surface area contributed by atoms with Gasteiger partial charge in [-0.15, -0.1) is 0 Å². The Balaban J connectivity index is 1.68. The van der Waals surface area contributed by atoms with Crippen molar-refractivity contribution in [3.8, 4) is 5.75 Å². The number of unbranched alkanes of at least 4 members (excludes halogenated alkanes) is 1. The Bertz CT molecular complexity index is 681. The van der Waals surface area contributed by atoms with E-state index in [-0.39, 0.29) is 0 Å². The first-order valence-electron chi connectivity index (χ1n) is 9.34. The van der Waals surface area contributed by atoms with E-state index in [4.69, 9.17) is 0 Å². The molecule has 1 N–H and O–H groups in total. The van der Waals surface area contributed by atoms with Crippen molar-refractivity contribution in [1.29, 1.82) is 0 Å². The lowest BCUT2D eigenvalue weighted by atomic mass is 9.59. The SMILES string of the molecule is CCCC=C1CCC2C3=CCc4cc(O)ccc4C3CC[C@]12C. The van der Waals surface area contributed by atoms with Crippen molar-refractivity contribution in [2.24, 2.45) is 11.3 Å². The Morgan fingerprint density at radius 2 is 2.17 bits per heavy atom. The summed E-state index contributed by atoms with van der Waals surface area (Å²) in [6.45, 7) is 4.80. The van der Waals surface area contributed by atoms with Gasteiger partial charge in [0.15, 0.2) is 0 Å². The van der Waals surface area contributed by atoms with E-state index >= 15 is 0 Å². The number of phenolic OH excluding ortho intramolecular Hbond substituents is 1. The van der Waals surface area contributed by atoms with Crippen LogP contribution in [0.25, 0.3) is 0 Å². The van der Waals surface area contributed by atoms with Crippen LogP contribution in [0.1, 0.15) is 69.4 Å². The topological polar surface area (TPSA) is 20.2 Å². The average molecular weight is 308 g/mol. The Morgan fingerprint density at radius 3 is 3.00 bits per heavy atom. The summed E-state index contributed by atoms with van der Waals surface area (Å²) in [5.74, 6) is 1.75. The van der Waals surface area contributed by atoms with Crippen LogP contribution >= 0.6 is 0 Å². The molecule has 0 heterocycles. The largest absolute Gasteiger partial charge is 0.508 e. The van der Waals surface area contributed by atoms with E-state index in [2.05, 4.69) is 32.1 Å². The summed E-state index contributed by atoms with van der Waals surface area (Å²) in [7, 11) is 0. The molecule has 2 unspecified atom stereocenters. The van der Waals surface area contributed by atoms with E-state index in [1.165, 1.54) is 49.7 Å². The summed E-state index contributed by atoms with van der Waals surface area (Å²) >= 11 is 0. The van der Waals surface area contributed by atoms with Gasteiger partial charge in [-0.3, -0.25) is 0 Å². The lowest BCUT2D eigenvalue weighted by molar-refractivity contribution is 0.229. The summed E-state index contributed by atoms with van der Waals surface area (Å²) in [4.78, 5) is 0. The molecule has 1 aromatic carbocycles. The molecule has 1 aromatic rings. The monoisotopic (exact) mass is 308 g/mol. The first-order chi connectivity index (χ1) is 11.1. The van der Waals surface area contributed by atoms with Crippen molar-refractivity contribution < 1.29 is 5.11 Å². The highest BCUT2D eigenvalue weighted by Gasteiger charge is 2.49. The van der Waals surface area contributed by atoms with E-state index in [1.54, 1.807) is 11.1 Å². The van der Waals surface area contributed by atoms with Crippen molar-refractivity contribution in [2.75, 3.05) is 0 Å². The third-order valence-electron chi connectivity index (χ3n) is 6.70. The quantitative estimate of drug-likeness (QED) is 0.675. The van der Waals surface area contributed by atoms with Crippen LogP contribution in [0.4, 0.5) is 0 Å². The van der Waals surface area contributed by atoms with Gasteiger partial charge in [0.1, 0.15) is 5.75 Å². The molecular weight excluding hydrogens is 280 g/mol. The molecule has 0 aromatic heterocycles. The molecule has 23 heavy (non-hydrogen) atoms. The minimum Gasteiger partial charge on any atom is -0.508 e. The Kier molecular flexibility index (Phi) is 3.63. The second-order valence-electron chi connectivity index (χ2n) is 7.91. The standard InChI is InChI=1S/C22H28O/c1-3-4-5-16-7-11-21-20-9-6-15-14-17(23)8-10-18(15)19(20)12-13-22(16,21)2/h5,8-10,14,19,21,23H,3-4,6-7,11-13H2,1-2H3/t19?,21?,22-/m1/s1. The third-order valence-corrected chi connectivity index (χ3v) is 6.70. The molecule has 0 aliphatic heterocycles. The Labute approximate surface area is 140 Å². The number of allylic oxidation sites excluding steroid dienone is 4. The maximum absolute atomic E-state index is 9.76. The van der Waals surface area contributed by atoms with Gasteiger partial charge < -0.3 is 5.11 Å². The smallest absolute Gasteiger partial charge is 0.115 e. The van der Waals surface area contributed by atoms with Crippen LogP contribution in [-0.4, -0.2) is 5.11 Å². The molecule has 0 bridgehead atoms. The summed E-state index contributed by atoms with van der Waals surface area (Å²) in [6, 6.07) is 6.02. The van der Waals surface area contributed by atoms with Crippen LogP contribution in [0, 0.1) is 11.3 Å². The van der Waals surface area contributed by atoms with Crippen LogP contribution < -0.4 is 0 Å². The number of rotatable bonds is 2. The molecule has 4 rings (SSSR count). The molecule has 3 aliphatic carbocycles. The second-order valence-corrected chi connectivity index (χ2v) is 7.91. The predicted octanol–water partition coefficient (Wildman–Crippen LogP) is 5.89. The number of hydrogen-bond acceptors (Lipinski definition) is 1.